The Bertz CT molecular complexity index is 896. The van der Waals surface area contributed by atoms with Crippen LogP contribution in [0.4, 0.5) is 5.82 Å². The van der Waals surface area contributed by atoms with Crippen molar-refractivity contribution in [2.24, 2.45) is 5.10 Å². The molecule has 2 aromatic carbocycles. The molecule has 1 aromatic heterocycles. The van der Waals surface area contributed by atoms with Gasteiger partial charge in [-0.25, -0.2) is 0 Å². The number of ether oxygens (including phenoxy) is 2. The first kappa shape index (κ1) is 17.7. The number of aromatic nitrogens is 2. The topological polar surface area (TPSA) is 68.6 Å². The number of methoxy groups -OCH3 is 2. The van der Waals surface area contributed by atoms with Gasteiger partial charge < -0.3 is 9.47 Å². The van der Waals surface area contributed by atoms with Crippen molar-refractivity contribution in [2.75, 3.05) is 19.6 Å². The Labute approximate surface area is 156 Å². The van der Waals surface area contributed by atoms with Crippen LogP contribution in [0.2, 0.25) is 5.02 Å². The van der Waals surface area contributed by atoms with E-state index in [0.29, 0.717) is 16.6 Å². The van der Waals surface area contributed by atoms with Crippen LogP contribution >= 0.6 is 11.6 Å². The maximum Gasteiger partial charge on any atom is 0.168 e. The lowest BCUT2D eigenvalue weighted by molar-refractivity contribution is 0.394. The van der Waals surface area contributed by atoms with Gasteiger partial charge in [0.1, 0.15) is 11.5 Å². The fraction of sp³-hybridized carbons (Fsp3) is 0.105. The van der Waals surface area contributed by atoms with Crippen molar-refractivity contribution in [3.05, 3.63) is 65.2 Å². The Morgan fingerprint density at radius 3 is 2.42 bits per heavy atom. The molecule has 26 heavy (non-hydrogen) atoms. The van der Waals surface area contributed by atoms with E-state index in [-0.39, 0.29) is 0 Å². The average Bonchev–Trinajstić information content (AvgIpc) is 2.69. The maximum atomic E-state index is 5.89. The quantitative estimate of drug-likeness (QED) is 0.520. The molecule has 6 nitrogen and oxygen atoms in total. The van der Waals surface area contributed by atoms with E-state index in [9.17, 15) is 0 Å². The number of anilines is 1. The second kappa shape index (κ2) is 8.31. The number of hydrogen-bond donors (Lipinski definition) is 1. The first-order chi connectivity index (χ1) is 12.7. The van der Waals surface area contributed by atoms with Crippen LogP contribution in [-0.2, 0) is 0 Å². The lowest BCUT2D eigenvalue weighted by Gasteiger charge is -2.07. The van der Waals surface area contributed by atoms with E-state index in [1.165, 1.54) is 0 Å². The van der Waals surface area contributed by atoms with E-state index in [0.717, 1.165) is 22.6 Å². The summed E-state index contributed by atoms with van der Waals surface area (Å²) >= 11 is 5.89. The van der Waals surface area contributed by atoms with Crippen molar-refractivity contribution in [3.8, 4) is 22.8 Å². The van der Waals surface area contributed by atoms with Crippen LogP contribution in [0.3, 0.4) is 0 Å². The third-order valence-electron chi connectivity index (χ3n) is 3.63. The number of hydrazone groups is 1. The lowest BCUT2D eigenvalue weighted by Crippen LogP contribution is -1.97. The number of rotatable bonds is 6. The molecule has 0 atom stereocenters. The Morgan fingerprint density at radius 2 is 1.77 bits per heavy atom. The van der Waals surface area contributed by atoms with Gasteiger partial charge in [-0.2, -0.15) is 5.10 Å². The highest BCUT2D eigenvalue weighted by molar-refractivity contribution is 6.30. The van der Waals surface area contributed by atoms with Gasteiger partial charge >= 0.3 is 0 Å². The molecule has 3 aromatic rings. The molecule has 0 radical (unpaired) electrons. The predicted molar refractivity (Wildman–Crippen MR) is 103 cm³/mol. The number of halogens is 1. The minimum Gasteiger partial charge on any atom is -0.497 e. The van der Waals surface area contributed by atoms with Gasteiger partial charge in [0.05, 0.1) is 26.1 Å². The molecule has 0 aliphatic rings. The molecule has 1 heterocycles. The summed E-state index contributed by atoms with van der Waals surface area (Å²) < 4.78 is 10.5. The summed E-state index contributed by atoms with van der Waals surface area (Å²) in [6.45, 7) is 0. The highest BCUT2D eigenvalue weighted by Crippen LogP contribution is 2.23. The summed E-state index contributed by atoms with van der Waals surface area (Å²) in [4.78, 5) is 0. The highest BCUT2D eigenvalue weighted by atomic mass is 35.5. The van der Waals surface area contributed by atoms with E-state index in [1.54, 1.807) is 32.6 Å². The third kappa shape index (κ3) is 4.29. The zero-order valence-electron chi connectivity index (χ0n) is 14.3. The van der Waals surface area contributed by atoms with Gasteiger partial charge in [0, 0.05) is 22.2 Å². The Kier molecular flexibility index (Phi) is 5.66. The van der Waals surface area contributed by atoms with Crippen molar-refractivity contribution in [3.63, 3.8) is 0 Å². The monoisotopic (exact) mass is 368 g/mol. The zero-order valence-corrected chi connectivity index (χ0v) is 15.1. The molecule has 0 aliphatic heterocycles. The van der Waals surface area contributed by atoms with Gasteiger partial charge in [-0.15, -0.1) is 10.2 Å². The van der Waals surface area contributed by atoms with Crippen molar-refractivity contribution in [2.45, 2.75) is 0 Å². The largest absolute Gasteiger partial charge is 0.497 e. The molecule has 0 fully saturated rings. The third-order valence-corrected chi connectivity index (χ3v) is 3.88. The van der Waals surface area contributed by atoms with Crippen molar-refractivity contribution < 1.29 is 9.47 Å². The number of benzene rings is 2. The van der Waals surface area contributed by atoms with Crippen LogP contribution in [0.1, 0.15) is 5.56 Å². The second-order valence-electron chi connectivity index (χ2n) is 5.29. The molecule has 7 heteroatoms. The average molecular weight is 369 g/mol. The fourth-order valence-corrected chi connectivity index (χ4v) is 2.39. The SMILES string of the molecule is COc1ccc(/C=N/Nc2ccc(-c3ccc(Cl)cc3)nn2)c(OC)c1. The standard InChI is InChI=1S/C19H17ClN4O2/c1-25-16-8-5-14(18(11-16)26-2)12-21-23-19-10-9-17(22-24-19)13-3-6-15(20)7-4-13/h3-12H,1-2H3,(H,23,24)/b21-12+. The van der Waals surface area contributed by atoms with Gasteiger partial charge in [0.15, 0.2) is 5.82 Å². The molecule has 0 bridgehead atoms. The van der Waals surface area contributed by atoms with Gasteiger partial charge in [0.25, 0.3) is 0 Å². The summed E-state index contributed by atoms with van der Waals surface area (Å²) in [6.07, 6.45) is 1.65. The molecule has 0 saturated heterocycles. The normalized spacial score (nSPS) is 10.7. The van der Waals surface area contributed by atoms with E-state index < -0.39 is 0 Å². The van der Waals surface area contributed by atoms with Crippen LogP contribution < -0.4 is 14.9 Å². The van der Waals surface area contributed by atoms with Crippen LogP contribution in [0.5, 0.6) is 11.5 Å². The van der Waals surface area contributed by atoms with Gasteiger partial charge in [0.2, 0.25) is 0 Å². The van der Waals surface area contributed by atoms with Crippen molar-refractivity contribution >= 4 is 23.6 Å². The molecular weight excluding hydrogens is 352 g/mol. The lowest BCUT2D eigenvalue weighted by atomic mass is 10.1. The van der Waals surface area contributed by atoms with Crippen LogP contribution in [0.25, 0.3) is 11.3 Å². The summed E-state index contributed by atoms with van der Waals surface area (Å²) in [5.41, 5.74) is 5.36. The molecular formula is C19H17ClN4O2. The smallest absolute Gasteiger partial charge is 0.168 e. The van der Waals surface area contributed by atoms with Gasteiger partial charge in [-0.1, -0.05) is 23.7 Å². The summed E-state index contributed by atoms with van der Waals surface area (Å²) in [7, 11) is 3.21. The molecule has 0 aliphatic carbocycles. The molecule has 0 saturated carbocycles. The highest BCUT2D eigenvalue weighted by Gasteiger charge is 2.03. The molecule has 132 valence electrons. The van der Waals surface area contributed by atoms with E-state index in [4.69, 9.17) is 21.1 Å². The predicted octanol–water partition coefficient (Wildman–Crippen LogP) is 4.26. The molecule has 0 amide bonds. The first-order valence-corrected chi connectivity index (χ1v) is 8.18. The van der Waals surface area contributed by atoms with Gasteiger partial charge in [-0.05, 0) is 36.4 Å². The summed E-state index contributed by atoms with van der Waals surface area (Å²) in [6, 6.07) is 16.6. The zero-order chi connectivity index (χ0) is 18.4. The summed E-state index contributed by atoms with van der Waals surface area (Å²) in [5.74, 6) is 1.92. The van der Waals surface area contributed by atoms with E-state index in [2.05, 4.69) is 20.7 Å². The van der Waals surface area contributed by atoms with Crippen LogP contribution in [0.15, 0.2) is 59.7 Å². The summed E-state index contributed by atoms with van der Waals surface area (Å²) in [5, 5.41) is 13.2. The van der Waals surface area contributed by atoms with Crippen LogP contribution in [-0.4, -0.2) is 30.6 Å². The van der Waals surface area contributed by atoms with Crippen molar-refractivity contribution in [1.82, 2.24) is 10.2 Å². The Morgan fingerprint density at radius 1 is 0.962 bits per heavy atom. The molecule has 0 unspecified atom stereocenters. The number of nitrogens with zero attached hydrogens (tertiary/aromatic N) is 3. The van der Waals surface area contributed by atoms with Crippen molar-refractivity contribution in [1.29, 1.82) is 0 Å². The molecule has 3 rings (SSSR count). The Hall–Kier alpha value is -3.12. The Balaban J connectivity index is 1.68. The molecule has 1 N–H and O–H groups in total. The minimum atomic E-state index is 0.534. The second-order valence-corrected chi connectivity index (χ2v) is 5.73. The minimum absolute atomic E-state index is 0.534. The van der Waals surface area contributed by atoms with E-state index >= 15 is 0 Å². The van der Waals surface area contributed by atoms with Crippen LogP contribution in [0, 0.1) is 0 Å². The first-order valence-electron chi connectivity index (χ1n) is 7.80. The fourth-order valence-electron chi connectivity index (χ4n) is 2.26. The molecule has 0 spiro atoms. The van der Waals surface area contributed by atoms with E-state index in [1.807, 2.05) is 42.5 Å². The maximum absolute atomic E-state index is 5.89. The number of hydrogen-bond acceptors (Lipinski definition) is 6. The number of nitrogens with one attached hydrogen (secondary N) is 1. The van der Waals surface area contributed by atoms with Gasteiger partial charge in [-0.3, -0.25) is 5.43 Å².